The minimum Gasteiger partial charge on any atom is -0.325 e. The quantitative estimate of drug-likeness (QED) is 0.426. The highest BCUT2D eigenvalue weighted by molar-refractivity contribution is 8.00. The van der Waals surface area contributed by atoms with Crippen molar-refractivity contribution >= 4 is 35.0 Å². The first-order valence-corrected chi connectivity index (χ1v) is 10.5. The summed E-state index contributed by atoms with van der Waals surface area (Å²) in [6.45, 7) is 1.83. The van der Waals surface area contributed by atoms with E-state index < -0.39 is 5.25 Å². The van der Waals surface area contributed by atoms with Crippen LogP contribution in [0.4, 0.5) is 5.69 Å². The van der Waals surface area contributed by atoms with E-state index in [1.54, 1.807) is 36.7 Å². The minimum absolute atomic E-state index is 0.143. The molecule has 0 fully saturated rings. The van der Waals surface area contributed by atoms with E-state index in [-0.39, 0.29) is 5.91 Å². The Balaban J connectivity index is 1.62. The molecule has 0 bridgehead atoms. The summed E-state index contributed by atoms with van der Waals surface area (Å²) in [7, 11) is 0. The number of carbonyl (C=O) groups is 1. The molecule has 8 heteroatoms. The monoisotopic (exact) mass is 435 g/mol. The van der Waals surface area contributed by atoms with E-state index in [1.807, 2.05) is 54.0 Å². The molecule has 2 aromatic heterocycles. The first kappa shape index (κ1) is 20.1. The van der Waals surface area contributed by atoms with Crippen LogP contribution < -0.4 is 5.32 Å². The number of anilines is 1. The normalized spacial score (nSPS) is 11.8. The van der Waals surface area contributed by atoms with Crippen molar-refractivity contribution in [3.05, 3.63) is 84.1 Å². The maximum Gasteiger partial charge on any atom is 0.237 e. The highest BCUT2D eigenvalue weighted by atomic mass is 35.5. The molecule has 1 N–H and O–H groups in total. The first-order chi connectivity index (χ1) is 14.6. The zero-order valence-corrected chi connectivity index (χ0v) is 17.6. The number of halogens is 1. The Labute approximate surface area is 183 Å². The van der Waals surface area contributed by atoms with Crippen LogP contribution in [0.2, 0.25) is 5.02 Å². The fourth-order valence-corrected chi connectivity index (χ4v) is 3.92. The van der Waals surface area contributed by atoms with Gasteiger partial charge in [0.2, 0.25) is 5.91 Å². The number of nitrogens with one attached hydrogen (secondary N) is 1. The molecule has 0 aliphatic carbocycles. The molecule has 1 atom stereocenters. The second-order valence-electron chi connectivity index (χ2n) is 6.47. The van der Waals surface area contributed by atoms with Gasteiger partial charge in [-0.3, -0.25) is 14.3 Å². The predicted octanol–water partition coefficient (Wildman–Crippen LogP) is 5.10. The van der Waals surface area contributed by atoms with Crippen molar-refractivity contribution in [2.24, 2.45) is 0 Å². The molecule has 0 saturated carbocycles. The molecule has 0 aliphatic rings. The van der Waals surface area contributed by atoms with Crippen molar-refractivity contribution in [3.8, 4) is 17.1 Å². The van der Waals surface area contributed by atoms with Crippen LogP contribution in [0.1, 0.15) is 6.92 Å². The number of nitrogens with zero attached hydrogens (tertiary/aromatic N) is 4. The van der Waals surface area contributed by atoms with Crippen molar-refractivity contribution in [3.63, 3.8) is 0 Å². The van der Waals surface area contributed by atoms with Gasteiger partial charge in [-0.05, 0) is 49.4 Å². The van der Waals surface area contributed by atoms with Gasteiger partial charge in [0.1, 0.15) is 0 Å². The Hall–Kier alpha value is -3.16. The molecule has 0 saturated heterocycles. The van der Waals surface area contributed by atoms with Crippen LogP contribution in [0.5, 0.6) is 0 Å². The van der Waals surface area contributed by atoms with Gasteiger partial charge in [0.15, 0.2) is 11.0 Å². The number of hydrogen-bond acceptors (Lipinski definition) is 5. The summed E-state index contributed by atoms with van der Waals surface area (Å²) in [6, 6.07) is 20.7. The number of amides is 1. The zero-order chi connectivity index (χ0) is 20.9. The molecule has 6 nitrogen and oxygen atoms in total. The van der Waals surface area contributed by atoms with Gasteiger partial charge < -0.3 is 5.32 Å². The maximum atomic E-state index is 12.7. The van der Waals surface area contributed by atoms with Gasteiger partial charge in [-0.25, -0.2) is 0 Å². The van der Waals surface area contributed by atoms with Crippen molar-refractivity contribution < 1.29 is 4.79 Å². The lowest BCUT2D eigenvalue weighted by Gasteiger charge is -2.14. The number of benzene rings is 2. The Kier molecular flexibility index (Phi) is 6.11. The Bertz CT molecular complexity index is 1150. The lowest BCUT2D eigenvalue weighted by Crippen LogP contribution is -2.22. The molecule has 0 spiro atoms. The topological polar surface area (TPSA) is 72.7 Å². The van der Waals surface area contributed by atoms with Crippen LogP contribution in [0.3, 0.4) is 0 Å². The number of aromatic nitrogens is 4. The summed E-state index contributed by atoms with van der Waals surface area (Å²) in [5.74, 6) is 0.545. The molecule has 4 rings (SSSR count). The van der Waals surface area contributed by atoms with E-state index >= 15 is 0 Å². The second kappa shape index (κ2) is 9.11. The maximum absolute atomic E-state index is 12.7. The Morgan fingerprint density at radius 3 is 2.53 bits per heavy atom. The molecule has 2 heterocycles. The molecule has 4 aromatic rings. The summed E-state index contributed by atoms with van der Waals surface area (Å²) in [6.07, 6.45) is 3.43. The average molecular weight is 436 g/mol. The molecule has 1 unspecified atom stereocenters. The summed E-state index contributed by atoms with van der Waals surface area (Å²) in [5.41, 5.74) is 2.46. The van der Waals surface area contributed by atoms with Crippen LogP contribution in [0.25, 0.3) is 17.1 Å². The van der Waals surface area contributed by atoms with Crippen molar-refractivity contribution in [2.45, 2.75) is 17.3 Å². The van der Waals surface area contributed by atoms with Crippen LogP contribution in [-0.4, -0.2) is 30.9 Å². The predicted molar refractivity (Wildman–Crippen MR) is 120 cm³/mol. The smallest absolute Gasteiger partial charge is 0.237 e. The largest absolute Gasteiger partial charge is 0.325 e. The standard InChI is InChI=1S/C22H18ClN5OS/c1-15(21(29)25-18-7-5-6-17(23)14-18)30-22-27-26-20(16-10-12-24-13-11-16)28(22)19-8-3-2-4-9-19/h2-15H,1H3,(H,25,29). The fraction of sp³-hybridized carbons (Fsp3) is 0.0909. The van der Waals surface area contributed by atoms with E-state index in [2.05, 4.69) is 20.5 Å². The van der Waals surface area contributed by atoms with E-state index in [4.69, 9.17) is 11.6 Å². The highest BCUT2D eigenvalue weighted by Gasteiger charge is 2.22. The van der Waals surface area contributed by atoms with Gasteiger partial charge in [-0.15, -0.1) is 10.2 Å². The van der Waals surface area contributed by atoms with E-state index in [9.17, 15) is 4.79 Å². The average Bonchev–Trinajstić information content (AvgIpc) is 3.18. The van der Waals surface area contributed by atoms with Crippen LogP contribution in [-0.2, 0) is 4.79 Å². The molecule has 0 radical (unpaired) electrons. The molecule has 150 valence electrons. The summed E-state index contributed by atoms with van der Waals surface area (Å²) in [4.78, 5) is 16.8. The summed E-state index contributed by atoms with van der Waals surface area (Å²) >= 11 is 7.35. The van der Waals surface area contributed by atoms with Crippen molar-refractivity contribution in [2.75, 3.05) is 5.32 Å². The molecular formula is C22H18ClN5OS. The third kappa shape index (κ3) is 4.53. The van der Waals surface area contributed by atoms with Gasteiger partial charge in [0.05, 0.1) is 5.25 Å². The summed E-state index contributed by atoms with van der Waals surface area (Å²) < 4.78 is 1.95. The van der Waals surface area contributed by atoms with Crippen LogP contribution >= 0.6 is 23.4 Å². The van der Waals surface area contributed by atoms with Gasteiger partial charge in [-0.2, -0.15) is 0 Å². The fourth-order valence-electron chi connectivity index (χ4n) is 2.87. The number of rotatable bonds is 6. The van der Waals surface area contributed by atoms with E-state index in [0.717, 1.165) is 11.3 Å². The number of pyridine rings is 1. The van der Waals surface area contributed by atoms with Crippen molar-refractivity contribution in [1.82, 2.24) is 19.7 Å². The van der Waals surface area contributed by atoms with E-state index in [0.29, 0.717) is 21.7 Å². The number of para-hydroxylation sites is 1. The zero-order valence-electron chi connectivity index (χ0n) is 16.1. The lowest BCUT2D eigenvalue weighted by molar-refractivity contribution is -0.115. The Morgan fingerprint density at radius 2 is 1.80 bits per heavy atom. The molecule has 2 aromatic carbocycles. The van der Waals surface area contributed by atoms with Gasteiger partial charge in [-0.1, -0.05) is 47.6 Å². The third-order valence-corrected chi connectivity index (χ3v) is 5.61. The number of carbonyl (C=O) groups excluding carboxylic acids is 1. The molecule has 1 amide bonds. The molecular weight excluding hydrogens is 418 g/mol. The summed E-state index contributed by atoms with van der Waals surface area (Å²) in [5, 5.41) is 12.4. The second-order valence-corrected chi connectivity index (χ2v) is 8.22. The third-order valence-electron chi connectivity index (χ3n) is 4.33. The van der Waals surface area contributed by atoms with Crippen molar-refractivity contribution in [1.29, 1.82) is 0 Å². The van der Waals surface area contributed by atoms with Gasteiger partial charge >= 0.3 is 0 Å². The lowest BCUT2D eigenvalue weighted by atomic mass is 10.2. The highest BCUT2D eigenvalue weighted by Crippen LogP contribution is 2.30. The molecule has 0 aliphatic heterocycles. The van der Waals surface area contributed by atoms with Gasteiger partial charge in [0.25, 0.3) is 0 Å². The van der Waals surface area contributed by atoms with E-state index in [1.165, 1.54) is 11.8 Å². The first-order valence-electron chi connectivity index (χ1n) is 9.26. The minimum atomic E-state index is -0.402. The Morgan fingerprint density at radius 1 is 1.03 bits per heavy atom. The van der Waals surface area contributed by atoms with Crippen LogP contribution in [0, 0.1) is 0 Å². The van der Waals surface area contributed by atoms with Gasteiger partial charge in [0, 0.05) is 34.4 Å². The SMILES string of the molecule is CC(Sc1nnc(-c2ccncc2)n1-c1ccccc1)C(=O)Nc1cccc(Cl)c1. The molecule has 30 heavy (non-hydrogen) atoms. The number of hydrogen-bond donors (Lipinski definition) is 1. The van der Waals surface area contributed by atoms with Crippen LogP contribution in [0.15, 0.2) is 84.3 Å². The number of thioether (sulfide) groups is 1.